The van der Waals surface area contributed by atoms with E-state index in [4.69, 9.17) is 0 Å². The smallest absolute Gasteiger partial charge is 0.256 e. The fraction of sp³-hybridized carbons (Fsp3) is 0. The highest BCUT2D eigenvalue weighted by molar-refractivity contribution is 14.1. The molecule has 1 aliphatic heterocycles. The molecule has 3 rings (SSSR count). The van der Waals surface area contributed by atoms with E-state index in [1.165, 1.54) is 0 Å². The van der Waals surface area contributed by atoms with Crippen LogP contribution >= 0.6 is 22.6 Å². The molecule has 1 amide bonds. The minimum atomic E-state index is -0.0925. The summed E-state index contributed by atoms with van der Waals surface area (Å²) in [5.74, 6) is 0.123. The van der Waals surface area contributed by atoms with Crippen molar-refractivity contribution >= 4 is 45.8 Å². The molecule has 2 N–H and O–H groups in total. The van der Waals surface area contributed by atoms with Gasteiger partial charge in [-0.1, -0.05) is 12.1 Å². The lowest BCUT2D eigenvalue weighted by Gasteiger charge is -2.00. The molecule has 0 fully saturated rings. The quantitative estimate of drug-likeness (QED) is 0.602. The zero-order chi connectivity index (χ0) is 13.4. The third-order valence-corrected chi connectivity index (χ3v) is 3.64. The fourth-order valence-electron chi connectivity index (χ4n) is 2.04. The Balaban J connectivity index is 2.08. The lowest BCUT2D eigenvalue weighted by atomic mass is 10.0. The molecule has 1 heterocycles. The van der Waals surface area contributed by atoms with Gasteiger partial charge in [0.15, 0.2) is 0 Å². The van der Waals surface area contributed by atoms with E-state index in [1.54, 1.807) is 24.3 Å². The molecule has 0 bridgehead atoms. The summed E-state index contributed by atoms with van der Waals surface area (Å²) in [6.45, 7) is 0. The number of benzene rings is 2. The van der Waals surface area contributed by atoms with Crippen LogP contribution in [0, 0.1) is 3.57 Å². The van der Waals surface area contributed by atoms with E-state index >= 15 is 0 Å². The number of aromatic hydroxyl groups is 1. The van der Waals surface area contributed by atoms with Crippen LogP contribution in [0.15, 0.2) is 42.5 Å². The Kier molecular flexibility index (Phi) is 3.02. The van der Waals surface area contributed by atoms with Gasteiger partial charge in [-0.15, -0.1) is 0 Å². The van der Waals surface area contributed by atoms with Gasteiger partial charge in [-0.2, -0.15) is 0 Å². The largest absolute Gasteiger partial charge is 0.508 e. The van der Waals surface area contributed by atoms with Crippen LogP contribution in [-0.4, -0.2) is 11.0 Å². The van der Waals surface area contributed by atoms with Crippen LogP contribution in [0.4, 0.5) is 5.69 Å². The van der Waals surface area contributed by atoms with Gasteiger partial charge in [-0.05, 0) is 64.6 Å². The molecule has 1 aliphatic rings. The van der Waals surface area contributed by atoms with E-state index in [2.05, 4.69) is 27.9 Å². The predicted molar refractivity (Wildman–Crippen MR) is 83.8 cm³/mol. The number of hydrogen-bond donors (Lipinski definition) is 2. The molecular weight excluding hydrogens is 353 g/mol. The monoisotopic (exact) mass is 363 g/mol. The first-order chi connectivity index (χ1) is 9.13. The van der Waals surface area contributed by atoms with Gasteiger partial charge in [-0.25, -0.2) is 0 Å². The van der Waals surface area contributed by atoms with Crippen LogP contribution in [0.5, 0.6) is 5.75 Å². The molecule has 0 unspecified atom stereocenters. The highest BCUT2D eigenvalue weighted by Gasteiger charge is 2.23. The minimum Gasteiger partial charge on any atom is -0.508 e. The summed E-state index contributed by atoms with van der Waals surface area (Å²) >= 11 is 2.23. The highest BCUT2D eigenvalue weighted by atomic mass is 127. The van der Waals surface area contributed by atoms with Gasteiger partial charge in [0.25, 0.3) is 5.91 Å². The van der Waals surface area contributed by atoms with E-state index < -0.39 is 0 Å². The van der Waals surface area contributed by atoms with Crippen LogP contribution in [0.2, 0.25) is 0 Å². The normalized spacial score (nSPS) is 15.4. The van der Waals surface area contributed by atoms with Gasteiger partial charge in [0.05, 0.1) is 0 Å². The highest BCUT2D eigenvalue weighted by Crippen LogP contribution is 2.34. The average Bonchev–Trinajstić information content (AvgIpc) is 2.69. The van der Waals surface area contributed by atoms with Crippen molar-refractivity contribution in [3.8, 4) is 5.75 Å². The first kappa shape index (κ1) is 12.2. The zero-order valence-electron chi connectivity index (χ0n) is 9.85. The van der Waals surface area contributed by atoms with Crippen molar-refractivity contribution < 1.29 is 9.90 Å². The maximum Gasteiger partial charge on any atom is 0.256 e. The van der Waals surface area contributed by atoms with E-state index in [1.807, 2.05) is 24.3 Å². The van der Waals surface area contributed by atoms with Gasteiger partial charge in [-0.3, -0.25) is 4.79 Å². The molecular formula is C15H10INO2. The maximum atomic E-state index is 12.0. The molecule has 0 radical (unpaired) electrons. The molecule has 2 aromatic carbocycles. The SMILES string of the molecule is O=C1Nc2ccc(I)cc2C1=Cc1ccc(O)cc1. The fourth-order valence-corrected chi connectivity index (χ4v) is 2.53. The van der Waals surface area contributed by atoms with Gasteiger partial charge >= 0.3 is 0 Å². The van der Waals surface area contributed by atoms with E-state index in [-0.39, 0.29) is 11.7 Å². The van der Waals surface area contributed by atoms with Crippen molar-refractivity contribution in [2.45, 2.75) is 0 Å². The second-order valence-corrected chi connectivity index (χ2v) is 5.54. The summed E-state index contributed by atoms with van der Waals surface area (Å²) in [5.41, 5.74) is 3.30. The Morgan fingerprint density at radius 3 is 2.58 bits per heavy atom. The van der Waals surface area contributed by atoms with Gasteiger partial charge < -0.3 is 10.4 Å². The van der Waals surface area contributed by atoms with Crippen LogP contribution in [0.25, 0.3) is 11.6 Å². The van der Waals surface area contributed by atoms with E-state index in [0.29, 0.717) is 5.57 Å². The molecule has 3 nitrogen and oxygen atoms in total. The number of carbonyl (C=O) groups excluding carboxylic acids is 1. The molecule has 0 saturated heterocycles. The Labute approximate surface area is 124 Å². The second-order valence-electron chi connectivity index (χ2n) is 4.29. The summed E-state index contributed by atoms with van der Waals surface area (Å²) in [4.78, 5) is 12.0. The average molecular weight is 363 g/mol. The zero-order valence-corrected chi connectivity index (χ0v) is 12.0. The third kappa shape index (κ3) is 2.35. The van der Waals surface area contributed by atoms with E-state index in [0.717, 1.165) is 20.4 Å². The summed E-state index contributed by atoms with van der Waals surface area (Å²) < 4.78 is 1.09. The van der Waals surface area contributed by atoms with Crippen LogP contribution in [0.1, 0.15) is 11.1 Å². The molecule has 0 saturated carbocycles. The van der Waals surface area contributed by atoms with Crippen molar-refractivity contribution in [2.24, 2.45) is 0 Å². The Morgan fingerprint density at radius 1 is 1.11 bits per heavy atom. The van der Waals surface area contributed by atoms with Crippen LogP contribution in [-0.2, 0) is 4.79 Å². The molecule has 0 spiro atoms. The lowest BCUT2D eigenvalue weighted by molar-refractivity contribution is -0.110. The Bertz CT molecular complexity index is 690. The van der Waals surface area contributed by atoms with Gasteiger partial charge in [0.2, 0.25) is 0 Å². The summed E-state index contributed by atoms with van der Waals surface area (Å²) in [5, 5.41) is 12.1. The number of carbonyl (C=O) groups is 1. The number of nitrogens with one attached hydrogen (secondary N) is 1. The number of phenols is 1. The molecule has 0 aliphatic carbocycles. The van der Waals surface area contributed by atoms with Crippen molar-refractivity contribution in [1.29, 1.82) is 0 Å². The summed E-state index contributed by atoms with van der Waals surface area (Å²) in [6, 6.07) is 12.6. The van der Waals surface area contributed by atoms with Crippen molar-refractivity contribution in [1.82, 2.24) is 0 Å². The summed E-state index contributed by atoms with van der Waals surface area (Å²) in [7, 11) is 0. The number of phenolic OH excluding ortho intramolecular Hbond substituents is 1. The number of fused-ring (bicyclic) bond motifs is 1. The number of amides is 1. The van der Waals surface area contributed by atoms with Crippen molar-refractivity contribution in [3.63, 3.8) is 0 Å². The summed E-state index contributed by atoms with van der Waals surface area (Å²) in [6.07, 6.45) is 1.83. The Morgan fingerprint density at radius 2 is 1.84 bits per heavy atom. The maximum absolute atomic E-state index is 12.0. The predicted octanol–water partition coefficient (Wildman–Crippen LogP) is 3.49. The molecule has 4 heteroatoms. The minimum absolute atomic E-state index is 0.0925. The topological polar surface area (TPSA) is 49.3 Å². The molecule has 19 heavy (non-hydrogen) atoms. The molecule has 0 aromatic heterocycles. The molecule has 2 aromatic rings. The van der Waals surface area contributed by atoms with Crippen molar-refractivity contribution in [3.05, 3.63) is 57.2 Å². The first-order valence-electron chi connectivity index (χ1n) is 5.75. The van der Waals surface area contributed by atoms with Crippen LogP contribution < -0.4 is 5.32 Å². The van der Waals surface area contributed by atoms with Crippen molar-refractivity contribution in [2.75, 3.05) is 5.32 Å². The third-order valence-electron chi connectivity index (χ3n) is 2.97. The number of anilines is 1. The Hall–Kier alpha value is -1.82. The molecule has 0 atom stereocenters. The number of hydrogen-bond acceptors (Lipinski definition) is 2. The first-order valence-corrected chi connectivity index (χ1v) is 6.83. The standard InChI is InChI=1S/C15H10INO2/c16-10-3-6-14-12(8-10)13(15(19)17-14)7-9-1-4-11(18)5-2-9/h1-8,18H,(H,17,19). The lowest BCUT2D eigenvalue weighted by Crippen LogP contribution is -2.03. The van der Waals surface area contributed by atoms with Gasteiger partial charge in [0.1, 0.15) is 5.75 Å². The van der Waals surface area contributed by atoms with Gasteiger partial charge in [0, 0.05) is 20.4 Å². The molecule has 94 valence electrons. The second kappa shape index (κ2) is 4.70. The number of rotatable bonds is 1. The van der Waals surface area contributed by atoms with E-state index in [9.17, 15) is 9.90 Å². The van der Waals surface area contributed by atoms with Crippen LogP contribution in [0.3, 0.4) is 0 Å². The number of halogens is 1.